The summed E-state index contributed by atoms with van der Waals surface area (Å²) in [6, 6.07) is 0.530. The molecule has 1 aliphatic heterocycles. The van der Waals surface area contributed by atoms with Crippen molar-refractivity contribution < 1.29 is 4.74 Å². The topological polar surface area (TPSA) is 34.2 Å². The smallest absolute Gasteiger partial charge is 0.0937 e. The van der Waals surface area contributed by atoms with Gasteiger partial charge in [-0.2, -0.15) is 0 Å². The van der Waals surface area contributed by atoms with Gasteiger partial charge in [-0.15, -0.1) is 11.3 Å². The Hall–Kier alpha value is -0.450. The molecule has 2 unspecified atom stereocenters. The van der Waals surface area contributed by atoms with E-state index in [1.54, 1.807) is 0 Å². The first-order chi connectivity index (χ1) is 10.00. The number of thiazole rings is 1. The SMILES string of the molecule is Cc1nc(CC2(CNC(C)C)CCOC2C2CC2)sc1C. The minimum Gasteiger partial charge on any atom is -0.377 e. The maximum atomic E-state index is 6.17. The van der Waals surface area contributed by atoms with Crippen LogP contribution in [0.25, 0.3) is 0 Å². The fraction of sp³-hybridized carbons (Fsp3) is 0.824. The third-order valence-electron chi connectivity index (χ3n) is 4.99. The third kappa shape index (κ3) is 3.33. The number of hydrogen-bond acceptors (Lipinski definition) is 4. The molecule has 1 aromatic heterocycles. The van der Waals surface area contributed by atoms with Gasteiger partial charge < -0.3 is 10.1 Å². The lowest BCUT2D eigenvalue weighted by molar-refractivity contribution is 0.0298. The van der Waals surface area contributed by atoms with Crippen molar-refractivity contribution >= 4 is 11.3 Å². The van der Waals surface area contributed by atoms with Gasteiger partial charge in [0.1, 0.15) is 0 Å². The monoisotopic (exact) mass is 308 g/mol. The predicted octanol–water partition coefficient (Wildman–Crippen LogP) is 3.49. The summed E-state index contributed by atoms with van der Waals surface area (Å²) in [5.41, 5.74) is 1.45. The van der Waals surface area contributed by atoms with Crippen molar-refractivity contribution in [2.24, 2.45) is 11.3 Å². The van der Waals surface area contributed by atoms with Crippen LogP contribution in [0.5, 0.6) is 0 Å². The van der Waals surface area contributed by atoms with Gasteiger partial charge in [0.05, 0.1) is 16.8 Å². The number of aromatic nitrogens is 1. The van der Waals surface area contributed by atoms with Gasteiger partial charge in [-0.3, -0.25) is 0 Å². The number of rotatable bonds is 6. The van der Waals surface area contributed by atoms with E-state index in [1.165, 1.54) is 34.8 Å². The molecular formula is C17H28N2OS. The summed E-state index contributed by atoms with van der Waals surface area (Å²) < 4.78 is 6.17. The first kappa shape index (κ1) is 15.4. The lowest BCUT2D eigenvalue weighted by Gasteiger charge is -2.35. The normalized spacial score (nSPS) is 29.5. The quantitative estimate of drug-likeness (QED) is 0.873. The molecule has 0 bridgehead atoms. The van der Waals surface area contributed by atoms with E-state index in [9.17, 15) is 0 Å². The van der Waals surface area contributed by atoms with Crippen LogP contribution >= 0.6 is 11.3 Å². The van der Waals surface area contributed by atoms with E-state index in [4.69, 9.17) is 9.72 Å². The van der Waals surface area contributed by atoms with E-state index < -0.39 is 0 Å². The van der Waals surface area contributed by atoms with Crippen molar-refractivity contribution in [3.63, 3.8) is 0 Å². The average Bonchev–Trinajstić information content (AvgIpc) is 3.11. The molecule has 1 aromatic rings. The van der Waals surface area contributed by atoms with Crippen molar-refractivity contribution in [1.82, 2.24) is 10.3 Å². The Morgan fingerprint density at radius 2 is 2.14 bits per heavy atom. The zero-order valence-corrected chi connectivity index (χ0v) is 14.6. The second-order valence-electron chi connectivity index (χ2n) is 7.20. The number of nitrogens with zero attached hydrogens (tertiary/aromatic N) is 1. The Kier molecular flexibility index (Phi) is 4.40. The van der Waals surface area contributed by atoms with Crippen molar-refractivity contribution in [3.8, 4) is 0 Å². The van der Waals surface area contributed by atoms with Crippen molar-refractivity contribution in [2.45, 2.75) is 65.5 Å². The molecule has 0 radical (unpaired) electrons. The van der Waals surface area contributed by atoms with E-state index in [1.807, 2.05) is 11.3 Å². The van der Waals surface area contributed by atoms with Crippen LogP contribution in [0.4, 0.5) is 0 Å². The highest BCUT2D eigenvalue weighted by atomic mass is 32.1. The van der Waals surface area contributed by atoms with E-state index in [-0.39, 0.29) is 5.41 Å². The van der Waals surface area contributed by atoms with Gasteiger partial charge in [-0.1, -0.05) is 13.8 Å². The van der Waals surface area contributed by atoms with Crippen molar-refractivity contribution in [1.29, 1.82) is 0 Å². The molecule has 1 saturated carbocycles. The molecule has 1 saturated heterocycles. The molecular weight excluding hydrogens is 280 g/mol. The molecule has 0 spiro atoms. The molecule has 0 amide bonds. The zero-order chi connectivity index (χ0) is 15.0. The molecule has 2 aliphatic rings. The summed E-state index contributed by atoms with van der Waals surface area (Å²) in [6.07, 6.45) is 5.39. The fourth-order valence-corrected chi connectivity index (χ4v) is 4.60. The standard InChI is InChI=1S/C17H28N2OS/c1-11(2)18-10-17(7-8-20-16(17)14-5-6-14)9-15-19-12(3)13(4)21-15/h11,14,16,18H,5-10H2,1-4H3. The molecule has 118 valence electrons. The highest BCUT2D eigenvalue weighted by Gasteiger charge is 2.51. The molecule has 21 heavy (non-hydrogen) atoms. The highest BCUT2D eigenvalue weighted by molar-refractivity contribution is 7.11. The summed E-state index contributed by atoms with van der Waals surface area (Å²) in [5.74, 6) is 0.795. The van der Waals surface area contributed by atoms with Gasteiger partial charge in [0.25, 0.3) is 0 Å². The summed E-state index contributed by atoms with van der Waals surface area (Å²) in [6.45, 7) is 10.7. The van der Waals surface area contributed by atoms with Gasteiger partial charge >= 0.3 is 0 Å². The third-order valence-corrected chi connectivity index (χ3v) is 6.06. The van der Waals surface area contributed by atoms with Crippen LogP contribution < -0.4 is 5.32 Å². The molecule has 1 aliphatic carbocycles. The zero-order valence-electron chi connectivity index (χ0n) is 13.7. The van der Waals surface area contributed by atoms with Crippen molar-refractivity contribution in [2.75, 3.05) is 13.2 Å². The van der Waals surface area contributed by atoms with Crippen LogP contribution in [0.2, 0.25) is 0 Å². The fourth-order valence-electron chi connectivity index (χ4n) is 3.51. The Balaban J connectivity index is 1.80. The lowest BCUT2D eigenvalue weighted by atomic mass is 9.76. The first-order valence-electron chi connectivity index (χ1n) is 8.28. The van der Waals surface area contributed by atoms with Gasteiger partial charge in [-0.05, 0) is 39.0 Å². The molecule has 0 aromatic carbocycles. The average molecular weight is 308 g/mol. The largest absolute Gasteiger partial charge is 0.377 e. The predicted molar refractivity (Wildman–Crippen MR) is 87.9 cm³/mol. The summed E-state index contributed by atoms with van der Waals surface area (Å²) >= 11 is 1.87. The van der Waals surface area contributed by atoms with Crippen LogP contribution in [0.1, 0.15) is 48.7 Å². The summed E-state index contributed by atoms with van der Waals surface area (Å²) in [7, 11) is 0. The van der Waals surface area contributed by atoms with E-state index >= 15 is 0 Å². The van der Waals surface area contributed by atoms with Gasteiger partial charge in [0.15, 0.2) is 0 Å². The minimum atomic E-state index is 0.252. The van der Waals surface area contributed by atoms with E-state index in [2.05, 4.69) is 33.0 Å². The van der Waals surface area contributed by atoms with Crippen LogP contribution in [-0.2, 0) is 11.2 Å². The lowest BCUT2D eigenvalue weighted by Crippen LogP contribution is -2.45. The van der Waals surface area contributed by atoms with Crippen LogP contribution in [0, 0.1) is 25.2 Å². The molecule has 2 heterocycles. The number of ether oxygens (including phenoxy) is 1. The van der Waals surface area contributed by atoms with Gasteiger partial charge in [0.2, 0.25) is 0 Å². The van der Waals surface area contributed by atoms with Gasteiger partial charge in [0, 0.05) is 35.9 Å². The summed E-state index contributed by atoms with van der Waals surface area (Å²) in [5, 5.41) is 4.98. The Bertz CT molecular complexity index is 475. The molecule has 4 heteroatoms. The maximum absolute atomic E-state index is 6.17. The maximum Gasteiger partial charge on any atom is 0.0937 e. The van der Waals surface area contributed by atoms with Crippen LogP contribution in [0.15, 0.2) is 0 Å². The molecule has 2 atom stereocenters. The second kappa shape index (κ2) is 5.98. The molecule has 2 fully saturated rings. The number of hydrogen-bond donors (Lipinski definition) is 1. The summed E-state index contributed by atoms with van der Waals surface area (Å²) in [4.78, 5) is 6.16. The number of aryl methyl sites for hydroxylation is 2. The van der Waals surface area contributed by atoms with E-state index in [0.717, 1.165) is 25.5 Å². The number of nitrogens with one attached hydrogen (secondary N) is 1. The molecule has 1 N–H and O–H groups in total. The second-order valence-corrected chi connectivity index (χ2v) is 8.49. The Morgan fingerprint density at radius 3 is 2.71 bits per heavy atom. The van der Waals surface area contributed by atoms with Crippen LogP contribution in [-0.4, -0.2) is 30.3 Å². The molecule has 3 rings (SSSR count). The van der Waals surface area contributed by atoms with Gasteiger partial charge in [-0.25, -0.2) is 4.98 Å². The Labute approximate surface area is 132 Å². The first-order valence-corrected chi connectivity index (χ1v) is 9.10. The van der Waals surface area contributed by atoms with E-state index in [0.29, 0.717) is 12.1 Å². The van der Waals surface area contributed by atoms with Crippen LogP contribution in [0.3, 0.4) is 0 Å². The molecule has 3 nitrogen and oxygen atoms in total. The highest BCUT2D eigenvalue weighted by Crippen LogP contribution is 2.49. The minimum absolute atomic E-state index is 0.252. The van der Waals surface area contributed by atoms with Crippen molar-refractivity contribution in [3.05, 3.63) is 15.6 Å². The Morgan fingerprint density at radius 1 is 1.38 bits per heavy atom.